The van der Waals surface area contributed by atoms with Gasteiger partial charge in [0.2, 0.25) is 0 Å². The lowest BCUT2D eigenvalue weighted by Gasteiger charge is -2.06. The van der Waals surface area contributed by atoms with E-state index in [9.17, 15) is 9.18 Å². The number of aromatic nitrogens is 2. The largest absolute Gasteiger partial charge is 0.338 e. The van der Waals surface area contributed by atoms with Crippen LogP contribution in [0.4, 0.5) is 10.1 Å². The number of nitrogens with one attached hydrogen (secondary N) is 2. The normalized spacial score (nSPS) is 10.9. The number of halogens is 3. The van der Waals surface area contributed by atoms with Gasteiger partial charge in [-0.1, -0.05) is 41.4 Å². The summed E-state index contributed by atoms with van der Waals surface area (Å²) < 4.78 is 13.7. The molecular formula is C20H12Cl2FN3O. The summed E-state index contributed by atoms with van der Waals surface area (Å²) in [4.78, 5) is 20.1. The molecule has 1 amide bonds. The van der Waals surface area contributed by atoms with Gasteiger partial charge in [0.25, 0.3) is 5.91 Å². The van der Waals surface area contributed by atoms with Gasteiger partial charge in [-0.2, -0.15) is 0 Å². The summed E-state index contributed by atoms with van der Waals surface area (Å²) in [6, 6.07) is 16.2. The van der Waals surface area contributed by atoms with Gasteiger partial charge in [0.15, 0.2) is 0 Å². The van der Waals surface area contributed by atoms with E-state index in [-0.39, 0.29) is 5.69 Å². The molecule has 2 N–H and O–H groups in total. The van der Waals surface area contributed by atoms with Crippen LogP contribution in [-0.2, 0) is 0 Å². The number of anilines is 1. The number of hydrogen-bond acceptors (Lipinski definition) is 2. The van der Waals surface area contributed by atoms with Crippen molar-refractivity contribution in [1.82, 2.24) is 9.97 Å². The van der Waals surface area contributed by atoms with Crippen LogP contribution in [0.1, 0.15) is 10.4 Å². The summed E-state index contributed by atoms with van der Waals surface area (Å²) in [7, 11) is 0. The zero-order chi connectivity index (χ0) is 19.0. The van der Waals surface area contributed by atoms with E-state index in [0.29, 0.717) is 38.0 Å². The van der Waals surface area contributed by atoms with Crippen molar-refractivity contribution in [3.63, 3.8) is 0 Å². The van der Waals surface area contributed by atoms with Crippen LogP contribution >= 0.6 is 23.2 Å². The van der Waals surface area contributed by atoms with Crippen molar-refractivity contribution in [2.24, 2.45) is 0 Å². The van der Waals surface area contributed by atoms with Crippen molar-refractivity contribution < 1.29 is 9.18 Å². The first-order valence-corrected chi connectivity index (χ1v) is 8.78. The number of para-hydroxylation sites is 1. The van der Waals surface area contributed by atoms with E-state index < -0.39 is 11.7 Å². The topological polar surface area (TPSA) is 57.8 Å². The minimum Gasteiger partial charge on any atom is -0.338 e. The zero-order valence-corrected chi connectivity index (χ0v) is 15.3. The standard InChI is InChI=1S/C20H12Cl2FN3O/c21-12-4-3-5-13(22)18(12)19-24-16-9-8-11(10-17(16)25-19)20(27)26-15-7-2-1-6-14(15)23/h1-10H,(H,24,25)(H,26,27). The number of aromatic amines is 1. The summed E-state index contributed by atoms with van der Waals surface area (Å²) in [5, 5.41) is 3.50. The van der Waals surface area contributed by atoms with Gasteiger partial charge in [-0.05, 0) is 42.5 Å². The van der Waals surface area contributed by atoms with Crippen LogP contribution in [0.2, 0.25) is 10.0 Å². The molecule has 0 unspecified atom stereocenters. The molecule has 0 aliphatic carbocycles. The average Bonchev–Trinajstić information content (AvgIpc) is 3.06. The highest BCUT2D eigenvalue weighted by Crippen LogP contribution is 2.33. The molecule has 1 aromatic heterocycles. The lowest BCUT2D eigenvalue weighted by Crippen LogP contribution is -2.12. The molecule has 4 nitrogen and oxygen atoms in total. The van der Waals surface area contributed by atoms with Crippen molar-refractivity contribution in [3.05, 3.63) is 82.1 Å². The molecule has 0 atom stereocenters. The molecule has 0 bridgehead atoms. The SMILES string of the molecule is O=C(Nc1ccccc1F)c1ccc2nc(-c3c(Cl)cccc3Cl)[nH]c2c1. The summed E-state index contributed by atoms with van der Waals surface area (Å²) >= 11 is 12.5. The number of benzene rings is 3. The molecule has 0 saturated carbocycles. The van der Waals surface area contributed by atoms with Gasteiger partial charge < -0.3 is 10.3 Å². The third-order valence-electron chi connectivity index (χ3n) is 4.07. The van der Waals surface area contributed by atoms with Crippen molar-refractivity contribution in [3.8, 4) is 11.4 Å². The smallest absolute Gasteiger partial charge is 0.255 e. The Hall–Kier alpha value is -2.89. The lowest BCUT2D eigenvalue weighted by atomic mass is 10.2. The van der Waals surface area contributed by atoms with Gasteiger partial charge in [-0.25, -0.2) is 9.37 Å². The van der Waals surface area contributed by atoms with E-state index in [1.54, 1.807) is 48.5 Å². The van der Waals surface area contributed by atoms with Gasteiger partial charge in [0.05, 0.1) is 32.3 Å². The van der Waals surface area contributed by atoms with Gasteiger partial charge >= 0.3 is 0 Å². The van der Waals surface area contributed by atoms with E-state index in [2.05, 4.69) is 15.3 Å². The number of fused-ring (bicyclic) bond motifs is 1. The molecule has 0 radical (unpaired) electrons. The zero-order valence-electron chi connectivity index (χ0n) is 13.8. The quantitative estimate of drug-likeness (QED) is 0.448. The van der Waals surface area contributed by atoms with Crippen LogP contribution in [-0.4, -0.2) is 15.9 Å². The lowest BCUT2D eigenvalue weighted by molar-refractivity contribution is 0.102. The maximum atomic E-state index is 13.7. The van der Waals surface area contributed by atoms with E-state index in [0.717, 1.165) is 0 Å². The number of carbonyl (C=O) groups is 1. The van der Waals surface area contributed by atoms with Crippen molar-refractivity contribution in [1.29, 1.82) is 0 Å². The van der Waals surface area contributed by atoms with Crippen molar-refractivity contribution in [2.75, 3.05) is 5.32 Å². The molecule has 4 aromatic rings. The fourth-order valence-corrected chi connectivity index (χ4v) is 3.33. The molecule has 3 aromatic carbocycles. The van der Waals surface area contributed by atoms with Gasteiger partial charge in [0.1, 0.15) is 11.6 Å². The van der Waals surface area contributed by atoms with Crippen LogP contribution in [0.15, 0.2) is 60.7 Å². The molecule has 0 fully saturated rings. The minimum atomic E-state index is -0.496. The number of carbonyl (C=O) groups excluding carboxylic acids is 1. The maximum absolute atomic E-state index is 13.7. The Morgan fingerprint density at radius 3 is 2.48 bits per heavy atom. The highest BCUT2D eigenvalue weighted by molar-refractivity contribution is 6.39. The molecular weight excluding hydrogens is 388 g/mol. The van der Waals surface area contributed by atoms with Crippen LogP contribution in [0, 0.1) is 5.82 Å². The Bertz CT molecular complexity index is 1150. The van der Waals surface area contributed by atoms with Crippen molar-refractivity contribution >= 4 is 45.8 Å². The summed E-state index contributed by atoms with van der Waals surface area (Å²) in [6.07, 6.45) is 0. The Balaban J connectivity index is 1.69. The predicted molar refractivity (Wildman–Crippen MR) is 106 cm³/mol. The molecule has 134 valence electrons. The van der Waals surface area contributed by atoms with Gasteiger partial charge in [-0.15, -0.1) is 0 Å². The first-order chi connectivity index (χ1) is 13.0. The number of hydrogen-bond donors (Lipinski definition) is 2. The van der Waals surface area contributed by atoms with Crippen LogP contribution in [0.3, 0.4) is 0 Å². The summed E-state index contributed by atoms with van der Waals surface area (Å²) in [5.74, 6) is -0.412. The highest BCUT2D eigenvalue weighted by Gasteiger charge is 2.15. The van der Waals surface area contributed by atoms with E-state index in [4.69, 9.17) is 23.2 Å². The Morgan fingerprint density at radius 2 is 1.74 bits per heavy atom. The monoisotopic (exact) mass is 399 g/mol. The molecule has 7 heteroatoms. The van der Waals surface area contributed by atoms with Crippen LogP contribution in [0.25, 0.3) is 22.4 Å². The third kappa shape index (κ3) is 3.39. The van der Waals surface area contributed by atoms with Gasteiger partial charge in [0, 0.05) is 5.56 Å². The molecule has 0 spiro atoms. The second-order valence-electron chi connectivity index (χ2n) is 5.85. The number of imidazole rings is 1. The average molecular weight is 400 g/mol. The van der Waals surface area contributed by atoms with E-state index in [1.165, 1.54) is 12.1 Å². The number of amides is 1. The highest BCUT2D eigenvalue weighted by atomic mass is 35.5. The number of H-pyrrole nitrogens is 1. The first kappa shape index (κ1) is 17.5. The Morgan fingerprint density at radius 1 is 1.00 bits per heavy atom. The summed E-state index contributed by atoms with van der Waals surface area (Å²) in [6.45, 7) is 0. The fourth-order valence-electron chi connectivity index (χ4n) is 2.75. The second-order valence-corrected chi connectivity index (χ2v) is 6.66. The third-order valence-corrected chi connectivity index (χ3v) is 4.70. The molecule has 0 saturated heterocycles. The van der Waals surface area contributed by atoms with E-state index >= 15 is 0 Å². The van der Waals surface area contributed by atoms with Crippen molar-refractivity contribution in [2.45, 2.75) is 0 Å². The predicted octanol–water partition coefficient (Wildman–Crippen LogP) is 5.93. The van der Waals surface area contributed by atoms with E-state index in [1.807, 2.05) is 0 Å². The van der Waals surface area contributed by atoms with Gasteiger partial charge in [-0.3, -0.25) is 4.79 Å². The number of rotatable bonds is 3. The Kier molecular flexibility index (Phi) is 4.56. The maximum Gasteiger partial charge on any atom is 0.255 e. The van der Waals surface area contributed by atoms with Crippen LogP contribution < -0.4 is 5.32 Å². The first-order valence-electron chi connectivity index (χ1n) is 8.03. The Labute approximate surface area is 164 Å². The molecule has 4 rings (SSSR count). The fraction of sp³-hybridized carbons (Fsp3) is 0. The second kappa shape index (κ2) is 7.02. The number of nitrogens with zero attached hydrogens (tertiary/aromatic N) is 1. The molecule has 0 aliphatic heterocycles. The molecule has 0 aliphatic rings. The molecule has 1 heterocycles. The minimum absolute atomic E-state index is 0.121. The van der Waals surface area contributed by atoms with Crippen LogP contribution in [0.5, 0.6) is 0 Å². The molecule has 27 heavy (non-hydrogen) atoms. The summed E-state index contributed by atoms with van der Waals surface area (Å²) in [5.41, 5.74) is 2.38.